The Bertz CT molecular complexity index is 303. The highest BCUT2D eigenvalue weighted by Crippen LogP contribution is 2.18. The third-order valence-electron chi connectivity index (χ3n) is 2.59. The quantitative estimate of drug-likeness (QED) is 0.726. The first-order chi connectivity index (χ1) is 8.27. The predicted octanol–water partition coefficient (Wildman–Crippen LogP) is 3.20. The second-order valence-corrected chi connectivity index (χ2v) is 4.48. The molecular weight excluding hydrogens is 236 g/mol. The summed E-state index contributed by atoms with van der Waals surface area (Å²) in [5.41, 5.74) is 1.05. The van der Waals surface area contributed by atoms with Crippen LogP contribution >= 0.6 is 11.6 Å². The molecule has 1 unspecified atom stereocenters. The Morgan fingerprint density at radius 1 is 1.47 bits per heavy atom. The zero-order valence-electron chi connectivity index (χ0n) is 10.6. The van der Waals surface area contributed by atoms with Crippen molar-refractivity contribution in [3.05, 3.63) is 29.0 Å². The molecule has 0 saturated heterocycles. The van der Waals surface area contributed by atoms with E-state index in [9.17, 15) is 0 Å². The van der Waals surface area contributed by atoms with Crippen LogP contribution in [0.1, 0.15) is 37.9 Å². The fourth-order valence-electron chi connectivity index (χ4n) is 1.70. The van der Waals surface area contributed by atoms with Gasteiger partial charge in [-0.3, -0.25) is 4.98 Å². The van der Waals surface area contributed by atoms with Gasteiger partial charge in [0.25, 0.3) is 0 Å². The molecule has 1 aromatic heterocycles. The van der Waals surface area contributed by atoms with Crippen molar-refractivity contribution in [1.29, 1.82) is 0 Å². The van der Waals surface area contributed by atoms with Gasteiger partial charge in [-0.05, 0) is 37.9 Å². The standard InChI is InChI=1S/C13H21ClN2O/c1-3-8-15-12(5-4-9-17-2)13-7-6-11(14)10-16-13/h6-7,10,12,15H,3-5,8-9H2,1-2H3. The van der Waals surface area contributed by atoms with E-state index < -0.39 is 0 Å². The first-order valence-corrected chi connectivity index (χ1v) is 6.49. The maximum absolute atomic E-state index is 5.84. The minimum absolute atomic E-state index is 0.294. The third-order valence-corrected chi connectivity index (χ3v) is 2.81. The Balaban J connectivity index is 2.57. The zero-order chi connectivity index (χ0) is 12.5. The van der Waals surface area contributed by atoms with E-state index in [0.717, 1.165) is 38.1 Å². The largest absolute Gasteiger partial charge is 0.385 e. The van der Waals surface area contributed by atoms with Crippen LogP contribution in [-0.2, 0) is 4.74 Å². The molecule has 4 heteroatoms. The number of ether oxygens (including phenoxy) is 1. The SMILES string of the molecule is CCCNC(CCCOC)c1ccc(Cl)cn1. The molecule has 1 aromatic rings. The molecule has 0 spiro atoms. The van der Waals surface area contributed by atoms with E-state index in [2.05, 4.69) is 17.2 Å². The van der Waals surface area contributed by atoms with Crippen LogP contribution in [0.5, 0.6) is 0 Å². The third kappa shape index (κ3) is 5.48. The Labute approximate surface area is 109 Å². The molecule has 0 aliphatic carbocycles. The molecule has 0 radical (unpaired) electrons. The molecule has 96 valence electrons. The zero-order valence-corrected chi connectivity index (χ0v) is 11.3. The Kier molecular flexibility index (Phi) is 7.17. The molecule has 0 saturated carbocycles. The number of halogens is 1. The van der Waals surface area contributed by atoms with Crippen molar-refractivity contribution in [3.63, 3.8) is 0 Å². The summed E-state index contributed by atoms with van der Waals surface area (Å²) in [5.74, 6) is 0. The van der Waals surface area contributed by atoms with Crippen LogP contribution in [0.3, 0.4) is 0 Å². The maximum atomic E-state index is 5.84. The lowest BCUT2D eigenvalue weighted by Crippen LogP contribution is -2.23. The minimum atomic E-state index is 0.294. The van der Waals surface area contributed by atoms with Gasteiger partial charge in [0, 0.05) is 26.0 Å². The number of rotatable bonds is 8. The number of hydrogen-bond donors (Lipinski definition) is 1. The van der Waals surface area contributed by atoms with Crippen LogP contribution in [0, 0.1) is 0 Å². The van der Waals surface area contributed by atoms with Crippen LogP contribution < -0.4 is 5.32 Å². The van der Waals surface area contributed by atoms with Gasteiger partial charge >= 0.3 is 0 Å². The summed E-state index contributed by atoms with van der Waals surface area (Å²) in [7, 11) is 1.73. The van der Waals surface area contributed by atoms with Crippen molar-refractivity contribution in [2.24, 2.45) is 0 Å². The number of hydrogen-bond acceptors (Lipinski definition) is 3. The fraction of sp³-hybridized carbons (Fsp3) is 0.615. The summed E-state index contributed by atoms with van der Waals surface area (Å²) in [6.07, 6.45) is 4.88. The van der Waals surface area contributed by atoms with Gasteiger partial charge in [-0.1, -0.05) is 18.5 Å². The second kappa shape index (κ2) is 8.45. The first-order valence-electron chi connectivity index (χ1n) is 6.11. The molecule has 0 aliphatic rings. The van der Waals surface area contributed by atoms with Gasteiger partial charge in [0.15, 0.2) is 0 Å². The fourth-order valence-corrected chi connectivity index (χ4v) is 1.81. The number of nitrogens with one attached hydrogen (secondary N) is 1. The van der Waals surface area contributed by atoms with E-state index >= 15 is 0 Å². The predicted molar refractivity (Wildman–Crippen MR) is 71.4 cm³/mol. The Hall–Kier alpha value is -0.640. The lowest BCUT2D eigenvalue weighted by atomic mass is 10.1. The summed E-state index contributed by atoms with van der Waals surface area (Å²) in [6.45, 7) is 3.95. The van der Waals surface area contributed by atoms with Crippen molar-refractivity contribution in [3.8, 4) is 0 Å². The average Bonchev–Trinajstić information content (AvgIpc) is 2.35. The summed E-state index contributed by atoms with van der Waals surface area (Å²) in [5, 5.41) is 4.18. The highest BCUT2D eigenvalue weighted by molar-refractivity contribution is 6.30. The molecule has 3 nitrogen and oxygen atoms in total. The minimum Gasteiger partial charge on any atom is -0.385 e. The van der Waals surface area contributed by atoms with Crippen molar-refractivity contribution in [2.45, 2.75) is 32.2 Å². The summed E-state index contributed by atoms with van der Waals surface area (Å²) >= 11 is 5.84. The van der Waals surface area contributed by atoms with Crippen LogP contribution in [0.4, 0.5) is 0 Å². The first kappa shape index (κ1) is 14.4. The molecule has 0 bridgehead atoms. The summed E-state index contributed by atoms with van der Waals surface area (Å²) in [6, 6.07) is 4.17. The summed E-state index contributed by atoms with van der Waals surface area (Å²) < 4.78 is 5.08. The highest BCUT2D eigenvalue weighted by Gasteiger charge is 2.11. The van der Waals surface area contributed by atoms with E-state index in [1.165, 1.54) is 0 Å². The van der Waals surface area contributed by atoms with Crippen molar-refractivity contribution < 1.29 is 4.74 Å². The van der Waals surface area contributed by atoms with E-state index in [0.29, 0.717) is 11.1 Å². The van der Waals surface area contributed by atoms with Crippen LogP contribution in [-0.4, -0.2) is 25.2 Å². The molecule has 0 amide bonds. The number of pyridine rings is 1. The van der Waals surface area contributed by atoms with E-state index in [-0.39, 0.29) is 0 Å². The molecular formula is C13H21ClN2O. The number of nitrogens with zero attached hydrogens (tertiary/aromatic N) is 1. The number of aromatic nitrogens is 1. The maximum Gasteiger partial charge on any atom is 0.0589 e. The normalized spacial score (nSPS) is 12.6. The molecule has 17 heavy (non-hydrogen) atoms. The molecule has 1 N–H and O–H groups in total. The number of methoxy groups -OCH3 is 1. The second-order valence-electron chi connectivity index (χ2n) is 4.04. The van der Waals surface area contributed by atoms with Gasteiger partial charge in [0.2, 0.25) is 0 Å². The van der Waals surface area contributed by atoms with Gasteiger partial charge in [0.1, 0.15) is 0 Å². The van der Waals surface area contributed by atoms with Crippen LogP contribution in [0.25, 0.3) is 0 Å². The Morgan fingerprint density at radius 3 is 2.88 bits per heavy atom. The lowest BCUT2D eigenvalue weighted by Gasteiger charge is -2.17. The van der Waals surface area contributed by atoms with E-state index in [4.69, 9.17) is 16.3 Å². The van der Waals surface area contributed by atoms with E-state index in [1.54, 1.807) is 13.3 Å². The molecule has 1 rings (SSSR count). The monoisotopic (exact) mass is 256 g/mol. The molecule has 0 fully saturated rings. The molecule has 0 aliphatic heterocycles. The smallest absolute Gasteiger partial charge is 0.0589 e. The van der Waals surface area contributed by atoms with Gasteiger partial charge in [-0.15, -0.1) is 0 Å². The van der Waals surface area contributed by atoms with Crippen molar-refractivity contribution >= 4 is 11.6 Å². The Morgan fingerprint density at radius 2 is 2.29 bits per heavy atom. The molecule has 1 heterocycles. The van der Waals surface area contributed by atoms with Crippen molar-refractivity contribution in [2.75, 3.05) is 20.3 Å². The van der Waals surface area contributed by atoms with Gasteiger partial charge in [-0.2, -0.15) is 0 Å². The lowest BCUT2D eigenvalue weighted by molar-refractivity contribution is 0.188. The summed E-state index contributed by atoms with van der Waals surface area (Å²) in [4.78, 5) is 4.37. The van der Waals surface area contributed by atoms with Crippen molar-refractivity contribution in [1.82, 2.24) is 10.3 Å². The van der Waals surface area contributed by atoms with Crippen LogP contribution in [0.2, 0.25) is 5.02 Å². The van der Waals surface area contributed by atoms with Gasteiger partial charge in [0.05, 0.1) is 10.7 Å². The van der Waals surface area contributed by atoms with Gasteiger partial charge < -0.3 is 10.1 Å². The topological polar surface area (TPSA) is 34.1 Å². The molecule has 0 aromatic carbocycles. The van der Waals surface area contributed by atoms with Crippen LogP contribution in [0.15, 0.2) is 18.3 Å². The van der Waals surface area contributed by atoms with E-state index in [1.807, 2.05) is 12.1 Å². The average molecular weight is 257 g/mol. The van der Waals surface area contributed by atoms with Gasteiger partial charge in [-0.25, -0.2) is 0 Å². The molecule has 1 atom stereocenters. The highest BCUT2D eigenvalue weighted by atomic mass is 35.5.